The molecule has 0 amide bonds. The molecule has 0 aliphatic carbocycles. The van der Waals surface area contributed by atoms with Gasteiger partial charge in [0.15, 0.2) is 5.75 Å². The van der Waals surface area contributed by atoms with Crippen LogP contribution in [0, 0.1) is 0 Å². The van der Waals surface area contributed by atoms with Crippen LogP contribution in [0.2, 0.25) is 5.15 Å². The summed E-state index contributed by atoms with van der Waals surface area (Å²) in [5.41, 5.74) is -0.675. The molecule has 0 unspecified atom stereocenters. The van der Waals surface area contributed by atoms with Gasteiger partial charge in [0.2, 0.25) is 5.03 Å². The zero-order valence-corrected chi connectivity index (χ0v) is 9.52. The molecule has 1 rings (SSSR count). The number of sulfonamides is 1. The van der Waals surface area contributed by atoms with Gasteiger partial charge < -0.3 is 4.74 Å². The van der Waals surface area contributed by atoms with Crippen molar-refractivity contribution in [2.75, 3.05) is 7.11 Å². The highest BCUT2D eigenvalue weighted by Gasteiger charge is 2.25. The van der Waals surface area contributed by atoms with Gasteiger partial charge in [0.25, 0.3) is 16.4 Å². The van der Waals surface area contributed by atoms with Crippen LogP contribution in [0.25, 0.3) is 0 Å². The maximum Gasteiger partial charge on any atom is 0.267 e. The highest BCUT2D eigenvalue weighted by atomic mass is 35.5. The van der Waals surface area contributed by atoms with Crippen molar-refractivity contribution in [3.8, 4) is 5.75 Å². The molecule has 0 saturated carbocycles. The largest absolute Gasteiger partial charge is 0.493 e. The van der Waals surface area contributed by atoms with Gasteiger partial charge in [0.05, 0.1) is 12.7 Å². The van der Waals surface area contributed by atoms with E-state index in [-0.39, 0.29) is 0 Å². The van der Waals surface area contributed by atoms with Crippen LogP contribution in [0.5, 0.6) is 5.75 Å². The minimum atomic E-state index is -4.28. The Morgan fingerprint density at radius 2 is 2.12 bits per heavy atom. The SMILES string of the molecule is COc1c(C(F)F)cc(Cl)nc1S(N)(=O)=O. The molecule has 0 aliphatic heterocycles. The lowest BCUT2D eigenvalue weighted by molar-refractivity contribution is 0.146. The number of nitrogens with two attached hydrogens (primary N) is 1. The molecule has 0 radical (unpaired) electrons. The number of primary sulfonamides is 1. The molecule has 0 saturated heterocycles. The van der Waals surface area contributed by atoms with E-state index in [1.165, 1.54) is 0 Å². The molecular weight excluding hydrogens is 266 g/mol. The van der Waals surface area contributed by atoms with E-state index in [1.807, 2.05) is 0 Å². The first-order valence-electron chi connectivity index (χ1n) is 3.82. The molecule has 0 bridgehead atoms. The third-order valence-electron chi connectivity index (χ3n) is 1.65. The Labute approximate surface area is 95.2 Å². The molecule has 2 N–H and O–H groups in total. The van der Waals surface area contributed by atoms with Gasteiger partial charge in [0, 0.05) is 0 Å². The van der Waals surface area contributed by atoms with Crippen LogP contribution in [0.4, 0.5) is 8.78 Å². The smallest absolute Gasteiger partial charge is 0.267 e. The first-order valence-corrected chi connectivity index (χ1v) is 5.75. The van der Waals surface area contributed by atoms with Crippen LogP contribution in [-0.2, 0) is 10.0 Å². The van der Waals surface area contributed by atoms with Crippen molar-refractivity contribution in [1.29, 1.82) is 0 Å². The lowest BCUT2D eigenvalue weighted by Gasteiger charge is -2.11. The first kappa shape index (κ1) is 13.1. The molecular formula is C7H7ClF2N2O3S. The standard InChI is InChI=1S/C7H7ClF2N2O3S/c1-15-5-3(6(9)10)2-4(8)12-7(5)16(11,13)14/h2,6H,1H3,(H2,11,13,14). The second-order valence-corrected chi connectivity index (χ2v) is 4.58. The Morgan fingerprint density at radius 3 is 2.50 bits per heavy atom. The van der Waals surface area contributed by atoms with E-state index in [1.54, 1.807) is 0 Å². The van der Waals surface area contributed by atoms with E-state index in [4.69, 9.17) is 16.7 Å². The van der Waals surface area contributed by atoms with Crippen LogP contribution in [-0.4, -0.2) is 20.5 Å². The molecule has 1 aromatic rings. The van der Waals surface area contributed by atoms with Crippen molar-refractivity contribution in [3.63, 3.8) is 0 Å². The number of nitrogens with zero attached hydrogens (tertiary/aromatic N) is 1. The first-order chi connectivity index (χ1) is 7.27. The summed E-state index contributed by atoms with van der Waals surface area (Å²) >= 11 is 5.41. The van der Waals surface area contributed by atoms with Gasteiger partial charge in [0.1, 0.15) is 5.15 Å². The van der Waals surface area contributed by atoms with Gasteiger partial charge in [-0.1, -0.05) is 11.6 Å². The second-order valence-electron chi connectivity index (χ2n) is 2.72. The minimum Gasteiger partial charge on any atom is -0.493 e. The van der Waals surface area contributed by atoms with E-state index in [2.05, 4.69) is 9.72 Å². The quantitative estimate of drug-likeness (QED) is 0.842. The summed E-state index contributed by atoms with van der Waals surface area (Å²) in [7, 11) is -3.24. The van der Waals surface area contributed by atoms with Crippen molar-refractivity contribution in [3.05, 3.63) is 16.8 Å². The van der Waals surface area contributed by atoms with Crippen LogP contribution in [0.1, 0.15) is 12.0 Å². The van der Waals surface area contributed by atoms with Gasteiger partial charge in [-0.15, -0.1) is 0 Å². The van der Waals surface area contributed by atoms with Gasteiger partial charge in [-0.05, 0) is 6.07 Å². The van der Waals surface area contributed by atoms with Crippen LogP contribution < -0.4 is 9.88 Å². The fourth-order valence-electron chi connectivity index (χ4n) is 1.06. The molecule has 0 atom stereocenters. The molecule has 5 nitrogen and oxygen atoms in total. The molecule has 9 heteroatoms. The van der Waals surface area contributed by atoms with E-state index < -0.39 is 37.9 Å². The summed E-state index contributed by atoms with van der Waals surface area (Å²) in [4.78, 5) is 3.35. The number of hydrogen-bond acceptors (Lipinski definition) is 4. The third-order valence-corrected chi connectivity index (χ3v) is 2.66. The summed E-state index contributed by atoms with van der Waals surface area (Å²) in [6.45, 7) is 0. The predicted octanol–water partition coefficient (Wildman–Crippen LogP) is 1.33. The summed E-state index contributed by atoms with van der Waals surface area (Å²) in [5, 5.41) is 3.59. The van der Waals surface area contributed by atoms with E-state index >= 15 is 0 Å². The van der Waals surface area contributed by atoms with Crippen molar-refractivity contribution in [1.82, 2.24) is 4.98 Å². The molecule has 16 heavy (non-hydrogen) atoms. The van der Waals surface area contributed by atoms with Gasteiger partial charge in [-0.3, -0.25) is 0 Å². The lowest BCUT2D eigenvalue weighted by atomic mass is 10.2. The molecule has 1 aromatic heterocycles. The van der Waals surface area contributed by atoms with E-state index in [9.17, 15) is 17.2 Å². The van der Waals surface area contributed by atoms with Crippen LogP contribution in [0.15, 0.2) is 11.1 Å². The minimum absolute atomic E-state index is 0.403. The maximum atomic E-state index is 12.6. The average molecular weight is 273 g/mol. The van der Waals surface area contributed by atoms with Crippen molar-refractivity contribution >= 4 is 21.6 Å². The molecule has 0 aromatic carbocycles. The maximum absolute atomic E-state index is 12.6. The summed E-state index contributed by atoms with van der Waals surface area (Å²) in [5.74, 6) is -0.595. The Kier molecular flexibility index (Phi) is 3.66. The van der Waals surface area contributed by atoms with Gasteiger partial charge >= 0.3 is 0 Å². The fourth-order valence-corrected chi connectivity index (χ4v) is 1.99. The summed E-state index contributed by atoms with van der Waals surface area (Å²) in [6.07, 6.45) is -2.95. The zero-order chi connectivity index (χ0) is 12.5. The Bertz CT molecular complexity index is 507. The third kappa shape index (κ3) is 2.57. The molecule has 0 spiro atoms. The normalized spacial score (nSPS) is 11.9. The highest BCUT2D eigenvalue weighted by molar-refractivity contribution is 7.89. The fraction of sp³-hybridized carbons (Fsp3) is 0.286. The topological polar surface area (TPSA) is 82.3 Å². The number of aromatic nitrogens is 1. The van der Waals surface area contributed by atoms with E-state index in [0.29, 0.717) is 0 Å². The molecule has 0 aliphatic rings. The monoisotopic (exact) mass is 272 g/mol. The number of alkyl halides is 2. The Morgan fingerprint density at radius 1 is 1.56 bits per heavy atom. The Hall–Kier alpha value is -0.990. The summed E-state index contributed by atoms with van der Waals surface area (Å²) < 4.78 is 51.8. The number of pyridine rings is 1. The summed E-state index contributed by atoms with van der Waals surface area (Å²) in [6, 6.07) is 0.819. The van der Waals surface area contributed by atoms with Crippen molar-refractivity contribution in [2.24, 2.45) is 5.14 Å². The average Bonchev–Trinajstić information content (AvgIpc) is 2.14. The second kappa shape index (κ2) is 4.48. The van der Waals surface area contributed by atoms with E-state index in [0.717, 1.165) is 13.2 Å². The predicted molar refractivity (Wildman–Crippen MR) is 52.1 cm³/mol. The Balaban J connectivity index is 3.62. The van der Waals surface area contributed by atoms with Crippen LogP contribution in [0.3, 0.4) is 0 Å². The molecule has 1 heterocycles. The van der Waals surface area contributed by atoms with Crippen LogP contribution >= 0.6 is 11.6 Å². The van der Waals surface area contributed by atoms with Crippen molar-refractivity contribution in [2.45, 2.75) is 11.5 Å². The number of methoxy groups -OCH3 is 1. The lowest BCUT2D eigenvalue weighted by Crippen LogP contribution is -2.16. The molecule has 0 fully saturated rings. The van der Waals surface area contributed by atoms with Gasteiger partial charge in [-0.25, -0.2) is 27.3 Å². The number of halogens is 3. The molecule has 90 valence electrons. The number of hydrogen-bond donors (Lipinski definition) is 1. The number of ether oxygens (including phenoxy) is 1. The zero-order valence-electron chi connectivity index (χ0n) is 7.95. The van der Waals surface area contributed by atoms with Crippen molar-refractivity contribution < 1.29 is 21.9 Å². The highest BCUT2D eigenvalue weighted by Crippen LogP contribution is 2.34. The number of rotatable bonds is 3. The van der Waals surface area contributed by atoms with Gasteiger partial charge in [-0.2, -0.15) is 0 Å².